The molecule has 2 aromatic carbocycles. The molecule has 2 aromatic rings. The molecule has 1 aliphatic rings. The summed E-state index contributed by atoms with van der Waals surface area (Å²) in [5.41, 5.74) is 3.64. The van der Waals surface area contributed by atoms with Crippen LogP contribution in [0.15, 0.2) is 42.5 Å². The first kappa shape index (κ1) is 23.8. The van der Waals surface area contributed by atoms with Crippen molar-refractivity contribution < 1.29 is 9.84 Å². The Hall–Kier alpha value is -1.46. The van der Waals surface area contributed by atoms with Crippen LogP contribution in [-0.4, -0.2) is 55.4 Å². The SMILES string of the molecule is Cc1ccc(Cl)cc1N1CCN(CC(O)COc2ccccc2C(C)C)CC1.Cl. The molecule has 1 unspecified atom stereocenters. The Kier molecular flexibility index (Phi) is 9.09. The van der Waals surface area contributed by atoms with Crippen molar-refractivity contribution >= 4 is 29.7 Å². The molecule has 6 heteroatoms. The van der Waals surface area contributed by atoms with Crippen molar-refractivity contribution in [2.45, 2.75) is 32.8 Å². The Bertz CT molecular complexity index is 777. The van der Waals surface area contributed by atoms with Crippen LogP contribution in [0.25, 0.3) is 0 Å². The first-order valence-corrected chi connectivity index (χ1v) is 10.4. The third-order valence-electron chi connectivity index (χ3n) is 5.33. The molecule has 160 valence electrons. The van der Waals surface area contributed by atoms with Crippen LogP contribution in [0, 0.1) is 6.92 Å². The lowest BCUT2D eigenvalue weighted by atomic mass is 10.0. The molecule has 0 spiro atoms. The largest absolute Gasteiger partial charge is 0.491 e. The molecule has 1 fully saturated rings. The van der Waals surface area contributed by atoms with Gasteiger partial charge in [-0.1, -0.05) is 49.7 Å². The molecule has 0 aliphatic carbocycles. The highest BCUT2D eigenvalue weighted by Gasteiger charge is 2.21. The van der Waals surface area contributed by atoms with Crippen LogP contribution in [0.5, 0.6) is 5.75 Å². The maximum Gasteiger partial charge on any atom is 0.122 e. The number of benzene rings is 2. The second-order valence-corrected chi connectivity index (χ2v) is 8.31. The van der Waals surface area contributed by atoms with Crippen molar-refractivity contribution in [1.82, 2.24) is 4.90 Å². The maximum atomic E-state index is 10.5. The zero-order valence-electron chi connectivity index (χ0n) is 17.5. The molecule has 1 aliphatic heterocycles. The first-order chi connectivity index (χ1) is 13.4. The number of halogens is 2. The van der Waals surface area contributed by atoms with E-state index in [0.29, 0.717) is 19.1 Å². The average Bonchev–Trinajstić information content (AvgIpc) is 2.69. The van der Waals surface area contributed by atoms with Gasteiger partial charge >= 0.3 is 0 Å². The zero-order valence-corrected chi connectivity index (χ0v) is 19.0. The number of hydrogen-bond donors (Lipinski definition) is 1. The average molecular weight is 439 g/mol. The summed E-state index contributed by atoms with van der Waals surface area (Å²) < 4.78 is 5.92. The highest BCUT2D eigenvalue weighted by atomic mass is 35.5. The smallest absolute Gasteiger partial charge is 0.122 e. The molecule has 1 N–H and O–H groups in total. The molecule has 0 bridgehead atoms. The number of piperazine rings is 1. The van der Waals surface area contributed by atoms with E-state index in [1.54, 1.807) is 0 Å². The van der Waals surface area contributed by atoms with Crippen molar-refractivity contribution in [3.8, 4) is 5.75 Å². The minimum atomic E-state index is -0.500. The zero-order chi connectivity index (χ0) is 20.1. The molecular weight excluding hydrogens is 407 g/mol. The van der Waals surface area contributed by atoms with Gasteiger partial charge in [-0.2, -0.15) is 0 Å². The third kappa shape index (κ3) is 6.51. The molecule has 0 amide bonds. The second-order valence-electron chi connectivity index (χ2n) is 7.88. The van der Waals surface area contributed by atoms with Crippen molar-refractivity contribution in [2.24, 2.45) is 0 Å². The van der Waals surface area contributed by atoms with Gasteiger partial charge in [-0.25, -0.2) is 0 Å². The van der Waals surface area contributed by atoms with Crippen LogP contribution in [-0.2, 0) is 0 Å². The molecule has 1 saturated heterocycles. The Morgan fingerprint density at radius 2 is 1.76 bits per heavy atom. The molecule has 0 aromatic heterocycles. The summed E-state index contributed by atoms with van der Waals surface area (Å²) in [5, 5.41) is 11.2. The lowest BCUT2D eigenvalue weighted by Crippen LogP contribution is -2.49. The fraction of sp³-hybridized carbons (Fsp3) is 0.478. The van der Waals surface area contributed by atoms with Gasteiger partial charge in [-0.05, 0) is 42.2 Å². The van der Waals surface area contributed by atoms with E-state index in [9.17, 15) is 5.11 Å². The summed E-state index contributed by atoms with van der Waals surface area (Å²) in [7, 11) is 0. The highest BCUT2D eigenvalue weighted by Crippen LogP contribution is 2.27. The molecule has 29 heavy (non-hydrogen) atoms. The van der Waals surface area contributed by atoms with Gasteiger partial charge in [-0.3, -0.25) is 4.90 Å². The summed E-state index contributed by atoms with van der Waals surface area (Å²) >= 11 is 6.17. The van der Waals surface area contributed by atoms with E-state index in [0.717, 1.165) is 37.0 Å². The van der Waals surface area contributed by atoms with Gasteiger partial charge in [0.2, 0.25) is 0 Å². The van der Waals surface area contributed by atoms with Crippen LogP contribution in [0.1, 0.15) is 30.9 Å². The first-order valence-electron chi connectivity index (χ1n) is 10.1. The van der Waals surface area contributed by atoms with Gasteiger partial charge in [-0.15, -0.1) is 12.4 Å². The molecular formula is C23H32Cl2N2O2. The Morgan fingerprint density at radius 1 is 1.07 bits per heavy atom. The van der Waals surface area contributed by atoms with E-state index in [2.05, 4.69) is 42.7 Å². The van der Waals surface area contributed by atoms with Crippen LogP contribution in [0.2, 0.25) is 5.02 Å². The predicted octanol–water partition coefficient (Wildman–Crippen LogP) is 4.76. The van der Waals surface area contributed by atoms with E-state index in [-0.39, 0.29) is 12.4 Å². The van der Waals surface area contributed by atoms with Crippen molar-refractivity contribution in [3.05, 3.63) is 58.6 Å². The predicted molar refractivity (Wildman–Crippen MR) is 124 cm³/mol. The second kappa shape index (κ2) is 11.1. The monoisotopic (exact) mass is 438 g/mol. The number of aryl methyl sites for hydroxylation is 1. The van der Waals surface area contributed by atoms with E-state index in [4.69, 9.17) is 16.3 Å². The summed E-state index contributed by atoms with van der Waals surface area (Å²) in [4.78, 5) is 4.68. The number of β-amino-alcohol motifs (C(OH)–C–C–N with tert-alkyl or cyclic N) is 1. The Morgan fingerprint density at radius 3 is 2.45 bits per heavy atom. The Balaban J connectivity index is 0.00000300. The molecule has 1 atom stereocenters. The quantitative estimate of drug-likeness (QED) is 0.675. The molecule has 4 nitrogen and oxygen atoms in total. The lowest BCUT2D eigenvalue weighted by molar-refractivity contribution is 0.0659. The Labute approximate surface area is 185 Å². The normalized spacial score (nSPS) is 15.9. The van der Waals surface area contributed by atoms with Crippen molar-refractivity contribution in [1.29, 1.82) is 0 Å². The number of nitrogens with zero attached hydrogens (tertiary/aromatic N) is 2. The van der Waals surface area contributed by atoms with Gasteiger partial charge in [0.15, 0.2) is 0 Å². The number of aliphatic hydroxyl groups is 1. The summed E-state index contributed by atoms with van der Waals surface area (Å²) in [6.45, 7) is 11.1. The lowest BCUT2D eigenvalue weighted by Gasteiger charge is -2.37. The fourth-order valence-electron chi connectivity index (χ4n) is 3.72. The maximum absolute atomic E-state index is 10.5. The van der Waals surface area contributed by atoms with Gasteiger partial charge in [0.05, 0.1) is 0 Å². The van der Waals surface area contributed by atoms with Gasteiger partial charge in [0, 0.05) is 43.4 Å². The number of anilines is 1. The van der Waals surface area contributed by atoms with Crippen LogP contribution in [0.3, 0.4) is 0 Å². The summed E-state index contributed by atoms with van der Waals surface area (Å²) in [5.74, 6) is 1.27. The number of aliphatic hydroxyl groups excluding tert-OH is 1. The summed E-state index contributed by atoms with van der Waals surface area (Å²) in [6, 6.07) is 14.1. The molecule has 1 heterocycles. The van der Waals surface area contributed by atoms with Crippen molar-refractivity contribution in [2.75, 3.05) is 44.2 Å². The molecule has 3 rings (SSSR count). The molecule has 0 saturated carbocycles. The highest BCUT2D eigenvalue weighted by molar-refractivity contribution is 6.30. The van der Waals surface area contributed by atoms with E-state index < -0.39 is 6.10 Å². The number of ether oxygens (including phenoxy) is 1. The van der Waals surface area contributed by atoms with Crippen LogP contribution in [0.4, 0.5) is 5.69 Å². The number of para-hydroxylation sites is 1. The van der Waals surface area contributed by atoms with E-state index in [1.807, 2.05) is 30.3 Å². The van der Waals surface area contributed by atoms with Crippen molar-refractivity contribution in [3.63, 3.8) is 0 Å². The van der Waals surface area contributed by atoms with E-state index >= 15 is 0 Å². The standard InChI is InChI=1S/C23H31ClN2O2.ClH/c1-17(2)21-6-4-5-7-23(21)28-16-20(27)15-25-10-12-26(13-11-25)22-14-19(24)9-8-18(22)3;/h4-9,14,17,20,27H,10-13,15-16H2,1-3H3;1H. The summed E-state index contributed by atoms with van der Waals surface area (Å²) in [6.07, 6.45) is -0.500. The minimum absolute atomic E-state index is 0. The van der Waals surface area contributed by atoms with Crippen LogP contribution < -0.4 is 9.64 Å². The third-order valence-corrected chi connectivity index (χ3v) is 5.56. The van der Waals surface area contributed by atoms with Gasteiger partial charge < -0.3 is 14.7 Å². The molecule has 0 radical (unpaired) electrons. The topological polar surface area (TPSA) is 35.9 Å². The number of hydrogen-bond acceptors (Lipinski definition) is 4. The fourth-order valence-corrected chi connectivity index (χ4v) is 3.89. The number of rotatable bonds is 7. The van der Waals surface area contributed by atoms with Gasteiger partial charge in [0.25, 0.3) is 0 Å². The minimum Gasteiger partial charge on any atom is -0.491 e. The van der Waals surface area contributed by atoms with E-state index in [1.165, 1.54) is 16.8 Å². The van der Waals surface area contributed by atoms with Crippen LogP contribution >= 0.6 is 24.0 Å². The van der Waals surface area contributed by atoms with Gasteiger partial charge in [0.1, 0.15) is 18.5 Å².